The number of rotatable bonds is 8. The molecule has 2 heterocycles. The van der Waals surface area contributed by atoms with Crippen molar-refractivity contribution in [3.05, 3.63) is 48.3 Å². The van der Waals surface area contributed by atoms with Crippen LogP contribution in [0.3, 0.4) is 0 Å². The van der Waals surface area contributed by atoms with E-state index < -0.39 is 0 Å². The Labute approximate surface area is 169 Å². The van der Waals surface area contributed by atoms with Crippen molar-refractivity contribution in [2.24, 2.45) is 12.0 Å². The zero-order chi connectivity index (χ0) is 19.8. The van der Waals surface area contributed by atoms with Gasteiger partial charge >= 0.3 is 0 Å². The van der Waals surface area contributed by atoms with Gasteiger partial charge in [-0.05, 0) is 43.9 Å². The van der Waals surface area contributed by atoms with Gasteiger partial charge in [0.2, 0.25) is 0 Å². The molecule has 1 N–H and O–H groups in total. The van der Waals surface area contributed by atoms with E-state index >= 15 is 0 Å². The molecule has 0 bridgehead atoms. The molecule has 152 valence electrons. The van der Waals surface area contributed by atoms with Crippen LogP contribution in [0.4, 0.5) is 5.69 Å². The Morgan fingerprint density at radius 1 is 1.29 bits per heavy atom. The van der Waals surface area contributed by atoms with Crippen molar-refractivity contribution in [3.63, 3.8) is 0 Å². The lowest BCUT2D eigenvalue weighted by atomic mass is 10.0. The van der Waals surface area contributed by atoms with E-state index in [0.29, 0.717) is 5.92 Å². The molecule has 3 rings (SSSR count). The van der Waals surface area contributed by atoms with Crippen molar-refractivity contribution in [2.45, 2.75) is 32.1 Å². The van der Waals surface area contributed by atoms with Crippen LogP contribution in [0.2, 0.25) is 0 Å². The lowest BCUT2D eigenvalue weighted by Crippen LogP contribution is -2.40. The Hall–Kier alpha value is -2.50. The molecule has 1 aliphatic rings. The molecule has 0 saturated carbocycles. The molecule has 1 atom stereocenters. The first kappa shape index (κ1) is 20.2. The second kappa shape index (κ2) is 10.2. The number of benzene rings is 1. The highest BCUT2D eigenvalue weighted by molar-refractivity contribution is 5.80. The van der Waals surface area contributed by atoms with Gasteiger partial charge in [0.1, 0.15) is 0 Å². The summed E-state index contributed by atoms with van der Waals surface area (Å²) in [5, 5.41) is 7.79. The first-order chi connectivity index (χ1) is 13.7. The van der Waals surface area contributed by atoms with Gasteiger partial charge in [0.15, 0.2) is 5.96 Å². The maximum atomic E-state index is 4.89. The maximum absolute atomic E-state index is 4.89. The highest BCUT2D eigenvalue weighted by atomic mass is 15.3. The van der Waals surface area contributed by atoms with Crippen LogP contribution in [-0.2, 0) is 7.05 Å². The maximum Gasteiger partial charge on any atom is 0.193 e. The Morgan fingerprint density at radius 2 is 2.11 bits per heavy atom. The number of nitrogens with one attached hydrogen (secondary N) is 1. The highest BCUT2D eigenvalue weighted by Crippen LogP contribution is 2.26. The van der Waals surface area contributed by atoms with E-state index in [2.05, 4.69) is 70.7 Å². The summed E-state index contributed by atoms with van der Waals surface area (Å²) in [4.78, 5) is 9.60. The molecule has 1 fully saturated rings. The third kappa shape index (κ3) is 5.50. The lowest BCUT2D eigenvalue weighted by Gasteiger charge is -2.22. The van der Waals surface area contributed by atoms with Crippen molar-refractivity contribution in [1.82, 2.24) is 20.0 Å². The molecule has 1 unspecified atom stereocenters. The van der Waals surface area contributed by atoms with Crippen molar-refractivity contribution < 1.29 is 0 Å². The number of aryl methyl sites for hydroxylation is 1. The summed E-state index contributed by atoms with van der Waals surface area (Å²) < 4.78 is 1.89. The Bertz CT molecular complexity index is 738. The van der Waals surface area contributed by atoms with Crippen LogP contribution in [0.5, 0.6) is 0 Å². The second-order valence-corrected chi connectivity index (χ2v) is 7.58. The van der Waals surface area contributed by atoms with Gasteiger partial charge in [-0.3, -0.25) is 9.67 Å². The van der Waals surface area contributed by atoms with E-state index in [1.54, 1.807) is 0 Å². The van der Waals surface area contributed by atoms with Gasteiger partial charge < -0.3 is 15.1 Å². The zero-order valence-electron chi connectivity index (χ0n) is 17.5. The predicted molar refractivity (Wildman–Crippen MR) is 117 cm³/mol. The molecule has 0 amide bonds. The van der Waals surface area contributed by atoms with Gasteiger partial charge in [-0.25, -0.2) is 0 Å². The molecule has 2 aromatic rings. The molecule has 1 aliphatic heterocycles. The van der Waals surface area contributed by atoms with Crippen molar-refractivity contribution in [1.29, 1.82) is 0 Å². The number of unbranched alkanes of at least 4 members (excludes halogenated alkanes) is 1. The van der Waals surface area contributed by atoms with Crippen LogP contribution in [-0.4, -0.2) is 60.4 Å². The van der Waals surface area contributed by atoms with E-state index in [9.17, 15) is 0 Å². The van der Waals surface area contributed by atoms with E-state index in [-0.39, 0.29) is 0 Å². The molecule has 1 aromatic carbocycles. The molecule has 6 nitrogen and oxygen atoms in total. The highest BCUT2D eigenvalue weighted by Gasteiger charge is 2.26. The number of nitrogens with zero attached hydrogens (tertiary/aromatic N) is 5. The number of para-hydroxylation sites is 1. The summed E-state index contributed by atoms with van der Waals surface area (Å²) in [6, 6.07) is 10.6. The predicted octanol–water partition coefficient (Wildman–Crippen LogP) is 3.09. The summed E-state index contributed by atoms with van der Waals surface area (Å²) in [5.74, 6) is 1.61. The Morgan fingerprint density at radius 3 is 2.82 bits per heavy atom. The van der Waals surface area contributed by atoms with Crippen LogP contribution in [0.15, 0.2) is 47.7 Å². The van der Waals surface area contributed by atoms with Gasteiger partial charge in [-0.1, -0.05) is 18.2 Å². The van der Waals surface area contributed by atoms with Crippen LogP contribution < -0.4 is 10.2 Å². The summed E-state index contributed by atoms with van der Waals surface area (Å²) in [6.45, 7) is 7.06. The fourth-order valence-electron chi connectivity index (χ4n) is 3.76. The minimum atomic E-state index is 0.553. The molecule has 1 aromatic heterocycles. The van der Waals surface area contributed by atoms with E-state index in [4.69, 9.17) is 4.99 Å². The summed E-state index contributed by atoms with van der Waals surface area (Å²) in [5.41, 5.74) is 2.61. The molecule has 28 heavy (non-hydrogen) atoms. The average molecular weight is 383 g/mol. The zero-order valence-corrected chi connectivity index (χ0v) is 17.5. The second-order valence-electron chi connectivity index (χ2n) is 7.58. The van der Waals surface area contributed by atoms with Gasteiger partial charge in [0.05, 0.1) is 6.20 Å². The number of hydrogen-bond donors (Lipinski definition) is 1. The SMILES string of the molecule is CCNC(=NCCCCN(C)c1ccccc1)N1CCC(c2cnn(C)c2)C1. The third-order valence-electron chi connectivity index (χ3n) is 5.38. The Balaban J connectivity index is 1.45. The fraction of sp³-hybridized carbons (Fsp3) is 0.545. The van der Waals surface area contributed by atoms with E-state index in [0.717, 1.165) is 57.9 Å². The van der Waals surface area contributed by atoms with Gasteiger partial charge in [-0.2, -0.15) is 5.10 Å². The van der Waals surface area contributed by atoms with Gasteiger partial charge in [0, 0.05) is 64.6 Å². The first-order valence-electron chi connectivity index (χ1n) is 10.5. The molecule has 0 aliphatic carbocycles. The summed E-state index contributed by atoms with van der Waals surface area (Å²) in [6.07, 6.45) is 7.56. The number of anilines is 1. The number of aromatic nitrogens is 2. The number of guanidine groups is 1. The molecule has 6 heteroatoms. The first-order valence-corrected chi connectivity index (χ1v) is 10.5. The third-order valence-corrected chi connectivity index (χ3v) is 5.38. The largest absolute Gasteiger partial charge is 0.375 e. The smallest absolute Gasteiger partial charge is 0.193 e. The topological polar surface area (TPSA) is 48.7 Å². The van der Waals surface area contributed by atoms with Crippen molar-refractivity contribution >= 4 is 11.6 Å². The molecule has 1 saturated heterocycles. The Kier molecular flexibility index (Phi) is 7.34. The summed E-state index contributed by atoms with van der Waals surface area (Å²) >= 11 is 0. The van der Waals surface area contributed by atoms with Crippen LogP contribution in [0, 0.1) is 0 Å². The normalized spacial score (nSPS) is 17.2. The number of likely N-dealkylation sites (tertiary alicyclic amines) is 1. The van der Waals surface area contributed by atoms with Gasteiger partial charge in [0.25, 0.3) is 0 Å². The number of hydrogen-bond acceptors (Lipinski definition) is 3. The fourth-order valence-corrected chi connectivity index (χ4v) is 3.76. The standard InChI is InChI=1S/C22H34N6/c1-4-23-22(28-15-12-19(18-28)20-16-25-27(3)17-20)24-13-8-9-14-26(2)21-10-6-5-7-11-21/h5-7,10-11,16-17,19H,4,8-9,12-15,18H2,1-3H3,(H,23,24). The monoisotopic (exact) mass is 382 g/mol. The summed E-state index contributed by atoms with van der Waals surface area (Å²) in [7, 11) is 4.14. The lowest BCUT2D eigenvalue weighted by molar-refractivity contribution is 0.485. The minimum Gasteiger partial charge on any atom is -0.375 e. The minimum absolute atomic E-state index is 0.553. The molecular weight excluding hydrogens is 348 g/mol. The van der Waals surface area contributed by atoms with E-state index in [1.165, 1.54) is 11.3 Å². The van der Waals surface area contributed by atoms with Crippen molar-refractivity contribution in [3.8, 4) is 0 Å². The molecule has 0 spiro atoms. The van der Waals surface area contributed by atoms with Crippen LogP contribution >= 0.6 is 0 Å². The number of aliphatic imine (C=N–C) groups is 1. The molecular formula is C22H34N6. The van der Waals surface area contributed by atoms with Crippen molar-refractivity contribution in [2.75, 3.05) is 44.7 Å². The quantitative estimate of drug-likeness (QED) is 0.433. The average Bonchev–Trinajstić information content (AvgIpc) is 3.36. The van der Waals surface area contributed by atoms with Crippen LogP contribution in [0.25, 0.3) is 0 Å². The van der Waals surface area contributed by atoms with E-state index in [1.807, 2.05) is 17.9 Å². The van der Waals surface area contributed by atoms with Gasteiger partial charge in [-0.15, -0.1) is 0 Å². The van der Waals surface area contributed by atoms with Crippen LogP contribution in [0.1, 0.15) is 37.7 Å². The molecule has 0 radical (unpaired) electrons.